The maximum absolute atomic E-state index is 13.2. The third-order valence-corrected chi connectivity index (χ3v) is 7.52. The number of carbonyl (C=O) groups is 2. The van der Waals surface area contributed by atoms with Crippen LogP contribution in [0.25, 0.3) is 0 Å². The molecule has 0 N–H and O–H groups in total. The lowest BCUT2D eigenvalue weighted by Crippen LogP contribution is -2.49. The molecule has 40 heavy (non-hydrogen) atoms. The molecule has 0 unspecified atom stereocenters. The third-order valence-electron chi connectivity index (χ3n) is 7.52. The van der Waals surface area contributed by atoms with Crippen molar-refractivity contribution in [3.05, 3.63) is 83.9 Å². The van der Waals surface area contributed by atoms with E-state index in [1.165, 1.54) is 0 Å². The minimum atomic E-state index is -0.00156. The molecule has 0 atom stereocenters. The van der Waals surface area contributed by atoms with Gasteiger partial charge in [-0.05, 0) is 62.4 Å². The Morgan fingerprint density at radius 2 is 0.900 bits per heavy atom. The first-order valence-corrected chi connectivity index (χ1v) is 14.2. The standard InChI is InChI=1S/C32H38N4O4/c1-3-39-29-11-7-5-9-27(29)33-17-21-35(22-18-33)31(37)25-13-15-26(16-14-25)32(38)36-23-19-34(20-24-36)28-10-6-8-12-30(28)40-4-2/h5-16H,3-4,17-24H2,1-2H3. The molecule has 2 aliphatic rings. The van der Waals surface area contributed by atoms with Gasteiger partial charge in [0.15, 0.2) is 0 Å². The number of anilines is 2. The van der Waals surface area contributed by atoms with Crippen molar-refractivity contribution in [1.29, 1.82) is 0 Å². The summed E-state index contributed by atoms with van der Waals surface area (Å²) in [6, 6.07) is 23.2. The van der Waals surface area contributed by atoms with Gasteiger partial charge in [0.2, 0.25) is 0 Å². The van der Waals surface area contributed by atoms with E-state index >= 15 is 0 Å². The van der Waals surface area contributed by atoms with Crippen LogP contribution in [-0.4, -0.2) is 87.2 Å². The van der Waals surface area contributed by atoms with Crippen LogP contribution in [0, 0.1) is 0 Å². The van der Waals surface area contributed by atoms with Gasteiger partial charge in [0.05, 0.1) is 24.6 Å². The third kappa shape index (κ3) is 6.01. The van der Waals surface area contributed by atoms with Crippen LogP contribution in [0.4, 0.5) is 11.4 Å². The Hall–Kier alpha value is -4.20. The van der Waals surface area contributed by atoms with Gasteiger partial charge in [0.25, 0.3) is 11.8 Å². The Bertz CT molecular complexity index is 1200. The van der Waals surface area contributed by atoms with E-state index < -0.39 is 0 Å². The van der Waals surface area contributed by atoms with Gasteiger partial charge >= 0.3 is 0 Å². The monoisotopic (exact) mass is 542 g/mol. The number of rotatable bonds is 8. The number of carbonyl (C=O) groups excluding carboxylic acids is 2. The molecule has 0 aliphatic carbocycles. The number of ether oxygens (including phenoxy) is 2. The van der Waals surface area contributed by atoms with E-state index in [-0.39, 0.29) is 11.8 Å². The maximum Gasteiger partial charge on any atom is 0.253 e. The van der Waals surface area contributed by atoms with E-state index in [1.54, 1.807) is 24.3 Å². The number of hydrogen-bond acceptors (Lipinski definition) is 6. The normalized spacial score (nSPS) is 15.7. The maximum atomic E-state index is 13.2. The second-order valence-electron chi connectivity index (χ2n) is 9.94. The van der Waals surface area contributed by atoms with Crippen LogP contribution in [-0.2, 0) is 0 Å². The summed E-state index contributed by atoms with van der Waals surface area (Å²) in [5.41, 5.74) is 3.35. The molecule has 0 aromatic heterocycles. The smallest absolute Gasteiger partial charge is 0.253 e. The molecule has 2 heterocycles. The van der Waals surface area contributed by atoms with Gasteiger partial charge in [-0.15, -0.1) is 0 Å². The molecule has 3 aromatic carbocycles. The van der Waals surface area contributed by atoms with Crippen molar-refractivity contribution in [3.63, 3.8) is 0 Å². The molecule has 2 saturated heterocycles. The summed E-state index contributed by atoms with van der Waals surface area (Å²) < 4.78 is 11.6. The van der Waals surface area contributed by atoms with Crippen LogP contribution in [0.1, 0.15) is 34.6 Å². The molecule has 0 radical (unpaired) electrons. The summed E-state index contributed by atoms with van der Waals surface area (Å²) in [5, 5.41) is 0. The quantitative estimate of drug-likeness (QED) is 0.420. The first kappa shape index (κ1) is 27.4. The van der Waals surface area contributed by atoms with E-state index in [0.717, 1.165) is 49.1 Å². The van der Waals surface area contributed by atoms with Crippen molar-refractivity contribution in [2.45, 2.75) is 13.8 Å². The van der Waals surface area contributed by atoms with Gasteiger partial charge in [-0.2, -0.15) is 0 Å². The molecule has 8 nitrogen and oxygen atoms in total. The molecule has 210 valence electrons. The molecule has 2 amide bonds. The fourth-order valence-electron chi connectivity index (χ4n) is 5.41. The van der Waals surface area contributed by atoms with Gasteiger partial charge in [0, 0.05) is 63.5 Å². The van der Waals surface area contributed by atoms with Gasteiger partial charge < -0.3 is 29.1 Å². The Kier molecular flexibility index (Phi) is 8.74. The lowest BCUT2D eigenvalue weighted by Gasteiger charge is -2.37. The van der Waals surface area contributed by atoms with Crippen molar-refractivity contribution < 1.29 is 19.1 Å². The highest BCUT2D eigenvalue weighted by Crippen LogP contribution is 2.30. The SMILES string of the molecule is CCOc1ccccc1N1CCN(C(=O)c2ccc(C(=O)N3CCN(c4ccccc4OCC)CC3)cc2)CC1. The lowest BCUT2D eigenvalue weighted by molar-refractivity contribution is 0.0734. The fourth-order valence-corrected chi connectivity index (χ4v) is 5.41. The molecule has 3 aromatic rings. The summed E-state index contributed by atoms with van der Waals surface area (Å²) in [6.07, 6.45) is 0. The number of nitrogens with zero attached hydrogens (tertiary/aromatic N) is 4. The Morgan fingerprint density at radius 3 is 1.25 bits per heavy atom. The fraction of sp³-hybridized carbons (Fsp3) is 0.375. The van der Waals surface area contributed by atoms with Crippen molar-refractivity contribution in [2.24, 2.45) is 0 Å². The molecular weight excluding hydrogens is 504 g/mol. The average molecular weight is 543 g/mol. The zero-order valence-electron chi connectivity index (χ0n) is 23.4. The average Bonchev–Trinajstić information content (AvgIpc) is 3.01. The van der Waals surface area contributed by atoms with Crippen LogP contribution >= 0.6 is 0 Å². The highest BCUT2D eigenvalue weighted by molar-refractivity contribution is 5.98. The topological polar surface area (TPSA) is 65.6 Å². The summed E-state index contributed by atoms with van der Waals surface area (Å²) >= 11 is 0. The van der Waals surface area contributed by atoms with E-state index in [2.05, 4.69) is 21.9 Å². The zero-order chi connectivity index (χ0) is 27.9. The van der Waals surface area contributed by atoms with Crippen LogP contribution in [0.3, 0.4) is 0 Å². The van der Waals surface area contributed by atoms with Crippen LogP contribution in [0.15, 0.2) is 72.8 Å². The summed E-state index contributed by atoms with van der Waals surface area (Å²) in [7, 11) is 0. The van der Waals surface area contributed by atoms with Crippen molar-refractivity contribution >= 4 is 23.2 Å². The molecule has 0 saturated carbocycles. The van der Waals surface area contributed by atoms with Crippen LogP contribution in [0.2, 0.25) is 0 Å². The van der Waals surface area contributed by atoms with Gasteiger partial charge in [-0.25, -0.2) is 0 Å². The van der Waals surface area contributed by atoms with Crippen molar-refractivity contribution in [3.8, 4) is 11.5 Å². The molecule has 0 bridgehead atoms. The molecule has 8 heteroatoms. The minimum Gasteiger partial charge on any atom is -0.492 e. The van der Waals surface area contributed by atoms with Crippen molar-refractivity contribution in [2.75, 3.05) is 75.4 Å². The van der Waals surface area contributed by atoms with E-state index in [0.29, 0.717) is 50.5 Å². The number of para-hydroxylation sites is 4. The van der Waals surface area contributed by atoms with Crippen LogP contribution in [0.5, 0.6) is 11.5 Å². The van der Waals surface area contributed by atoms with Gasteiger partial charge in [-0.3, -0.25) is 9.59 Å². The van der Waals surface area contributed by atoms with E-state index in [9.17, 15) is 9.59 Å². The number of benzene rings is 3. The molecule has 2 aliphatic heterocycles. The molecule has 2 fully saturated rings. The second kappa shape index (κ2) is 12.8. The van der Waals surface area contributed by atoms with E-state index in [4.69, 9.17) is 9.47 Å². The highest BCUT2D eigenvalue weighted by Gasteiger charge is 2.26. The number of amides is 2. The van der Waals surface area contributed by atoms with Crippen molar-refractivity contribution in [1.82, 2.24) is 9.80 Å². The second-order valence-corrected chi connectivity index (χ2v) is 9.94. The highest BCUT2D eigenvalue weighted by atomic mass is 16.5. The molecule has 0 spiro atoms. The predicted molar refractivity (Wildman–Crippen MR) is 158 cm³/mol. The van der Waals surface area contributed by atoms with E-state index in [1.807, 2.05) is 60.0 Å². The Labute approximate surface area is 236 Å². The summed E-state index contributed by atoms with van der Waals surface area (Å²) in [5.74, 6) is 1.75. The van der Waals surface area contributed by atoms with Crippen LogP contribution < -0.4 is 19.3 Å². The molecule has 5 rings (SSSR count). The van der Waals surface area contributed by atoms with Gasteiger partial charge in [-0.1, -0.05) is 24.3 Å². The summed E-state index contributed by atoms with van der Waals surface area (Å²) in [6.45, 7) is 10.7. The predicted octanol–water partition coefficient (Wildman–Crippen LogP) is 4.41. The zero-order valence-corrected chi connectivity index (χ0v) is 23.4. The number of hydrogen-bond donors (Lipinski definition) is 0. The van der Waals surface area contributed by atoms with Gasteiger partial charge in [0.1, 0.15) is 11.5 Å². The minimum absolute atomic E-state index is 0.00156. The largest absolute Gasteiger partial charge is 0.492 e. The number of piperazine rings is 2. The Balaban J connectivity index is 1.15. The molecular formula is C32H38N4O4. The first-order chi connectivity index (χ1) is 19.6. The Morgan fingerprint density at radius 1 is 0.550 bits per heavy atom. The lowest BCUT2D eigenvalue weighted by atomic mass is 10.1. The first-order valence-electron chi connectivity index (χ1n) is 14.2. The summed E-state index contributed by atoms with van der Waals surface area (Å²) in [4.78, 5) is 34.7.